The number of rotatable bonds is 52. The third-order valence-corrected chi connectivity index (χ3v) is 13.3. The van der Waals surface area contributed by atoms with Gasteiger partial charge in [0.1, 0.15) is 19.8 Å². The number of likely N-dealkylation sites (N-methyl/N-ethyl adjacent to an activating group) is 1. The molecule has 0 rings (SSSR count). The molecule has 0 aromatic rings. The molecule has 2 unspecified atom stereocenters. The normalized spacial score (nSPS) is 13.8. The summed E-state index contributed by atoms with van der Waals surface area (Å²) in [6, 6.07) is 0. The SMILES string of the molecule is CC/C=C\C/C=C\C/C=C\C/C=C\CCCCCCCCCCCCCCCCCCCCC(=O)OC(COC(=O)CCCCCCC/C=C\CCCCCCC)COP(=O)(O)OCC[N+](C)(C)C. The molecule has 10 heteroatoms. The van der Waals surface area contributed by atoms with E-state index in [2.05, 4.69) is 74.6 Å². The molecular formula is C59H109NO8P+. The van der Waals surface area contributed by atoms with Crippen molar-refractivity contribution in [2.45, 2.75) is 258 Å². The molecule has 0 aromatic heterocycles. The van der Waals surface area contributed by atoms with Crippen LogP contribution in [0.25, 0.3) is 0 Å². The molecule has 0 spiro atoms. The van der Waals surface area contributed by atoms with Gasteiger partial charge in [-0.3, -0.25) is 18.6 Å². The quantitative estimate of drug-likeness (QED) is 0.0211. The number of hydrogen-bond acceptors (Lipinski definition) is 7. The Bertz CT molecular complexity index is 1350. The fourth-order valence-corrected chi connectivity index (χ4v) is 8.63. The fourth-order valence-electron chi connectivity index (χ4n) is 7.88. The van der Waals surface area contributed by atoms with E-state index < -0.39 is 26.5 Å². The highest BCUT2D eigenvalue weighted by Gasteiger charge is 2.27. The zero-order valence-electron chi connectivity index (χ0n) is 45.5. The van der Waals surface area contributed by atoms with Gasteiger partial charge in [0.2, 0.25) is 0 Å². The summed E-state index contributed by atoms with van der Waals surface area (Å²) in [4.78, 5) is 35.6. The molecule has 1 N–H and O–H groups in total. The van der Waals surface area contributed by atoms with E-state index in [0.29, 0.717) is 17.4 Å². The molecule has 0 aliphatic heterocycles. The van der Waals surface area contributed by atoms with Crippen molar-refractivity contribution in [3.8, 4) is 0 Å². The van der Waals surface area contributed by atoms with Gasteiger partial charge in [-0.15, -0.1) is 0 Å². The standard InChI is InChI=1S/C59H108NO8P/c1-6-8-10-12-14-16-18-20-22-23-24-25-26-27-28-29-30-31-32-33-34-35-36-37-38-40-42-44-46-48-50-52-59(62)68-57(56-67-69(63,64)66-54-53-60(3,4)5)55-65-58(61)51-49-47-45-43-41-39-21-19-17-15-13-11-9-7-2/h8,10,14,16,19-22,24-25,57H,6-7,9,11-13,15,17-18,23,26-56H2,1-5H3/p+1/b10-8-,16-14-,21-19-,22-20-,25-24-. The maximum atomic E-state index is 12.8. The van der Waals surface area contributed by atoms with Crippen LogP contribution in [0.1, 0.15) is 251 Å². The van der Waals surface area contributed by atoms with Crippen molar-refractivity contribution in [3.63, 3.8) is 0 Å². The van der Waals surface area contributed by atoms with Crippen molar-refractivity contribution < 1.29 is 42.1 Å². The van der Waals surface area contributed by atoms with Crippen LogP contribution in [0.5, 0.6) is 0 Å². The molecule has 0 heterocycles. The lowest BCUT2D eigenvalue weighted by Gasteiger charge is -2.24. The summed E-state index contributed by atoms with van der Waals surface area (Å²) in [6.07, 6.45) is 64.4. The average Bonchev–Trinajstić information content (AvgIpc) is 3.31. The minimum absolute atomic E-state index is 0.0305. The number of unbranched alkanes of at least 4 members (excludes halogenated alkanes) is 28. The zero-order chi connectivity index (χ0) is 50.6. The number of nitrogens with zero attached hydrogens (tertiary/aromatic N) is 1. The van der Waals surface area contributed by atoms with E-state index in [-0.39, 0.29) is 32.0 Å². The fraction of sp³-hybridized carbons (Fsp3) is 0.797. The van der Waals surface area contributed by atoms with Crippen molar-refractivity contribution in [2.75, 3.05) is 47.5 Å². The number of esters is 2. The summed E-state index contributed by atoms with van der Waals surface area (Å²) in [7, 11) is 1.48. The Kier molecular flexibility index (Phi) is 49.0. The summed E-state index contributed by atoms with van der Waals surface area (Å²) in [5.41, 5.74) is 0. The van der Waals surface area contributed by atoms with E-state index in [0.717, 1.165) is 77.0 Å². The molecule has 0 bridgehead atoms. The number of ether oxygens (including phenoxy) is 2. The number of phosphoric ester groups is 1. The highest BCUT2D eigenvalue weighted by atomic mass is 31.2. The summed E-state index contributed by atoms with van der Waals surface area (Å²) in [5.74, 6) is -0.800. The van der Waals surface area contributed by atoms with E-state index in [1.807, 2.05) is 21.1 Å². The van der Waals surface area contributed by atoms with Gasteiger partial charge in [-0.05, 0) is 77.0 Å². The van der Waals surface area contributed by atoms with Crippen LogP contribution >= 0.6 is 7.82 Å². The van der Waals surface area contributed by atoms with E-state index in [4.69, 9.17) is 18.5 Å². The Morgan fingerprint density at radius 1 is 0.464 bits per heavy atom. The highest BCUT2D eigenvalue weighted by molar-refractivity contribution is 7.47. The summed E-state index contributed by atoms with van der Waals surface area (Å²) in [5, 5.41) is 0. The Morgan fingerprint density at radius 2 is 0.826 bits per heavy atom. The van der Waals surface area contributed by atoms with Crippen LogP contribution in [0.2, 0.25) is 0 Å². The van der Waals surface area contributed by atoms with Crippen LogP contribution in [-0.4, -0.2) is 74.9 Å². The van der Waals surface area contributed by atoms with Crippen molar-refractivity contribution in [2.24, 2.45) is 0 Å². The van der Waals surface area contributed by atoms with E-state index >= 15 is 0 Å². The molecule has 402 valence electrons. The Labute approximate surface area is 426 Å². The Balaban J connectivity index is 4.06. The number of allylic oxidation sites excluding steroid dienone is 10. The number of phosphoric acid groups is 1. The zero-order valence-corrected chi connectivity index (χ0v) is 46.4. The number of quaternary nitrogens is 1. The van der Waals surface area contributed by atoms with E-state index in [1.54, 1.807) is 0 Å². The number of hydrogen-bond donors (Lipinski definition) is 1. The Hall–Kier alpha value is -2.29. The van der Waals surface area contributed by atoms with Gasteiger partial charge < -0.3 is 18.9 Å². The molecule has 0 aliphatic carbocycles. The second kappa shape index (κ2) is 50.6. The lowest BCUT2D eigenvalue weighted by Crippen LogP contribution is -2.37. The minimum Gasteiger partial charge on any atom is -0.462 e. The van der Waals surface area contributed by atoms with Crippen LogP contribution in [0.4, 0.5) is 0 Å². The first kappa shape index (κ1) is 66.7. The van der Waals surface area contributed by atoms with Crippen LogP contribution in [0.3, 0.4) is 0 Å². The summed E-state index contributed by atoms with van der Waals surface area (Å²) in [6.45, 7) is 4.32. The minimum atomic E-state index is -4.38. The molecule has 0 saturated heterocycles. The van der Waals surface area contributed by atoms with Gasteiger partial charge >= 0.3 is 19.8 Å². The van der Waals surface area contributed by atoms with Crippen molar-refractivity contribution in [1.29, 1.82) is 0 Å². The molecule has 0 aliphatic rings. The van der Waals surface area contributed by atoms with Gasteiger partial charge in [-0.1, -0.05) is 222 Å². The van der Waals surface area contributed by atoms with Crippen LogP contribution in [0, 0.1) is 0 Å². The van der Waals surface area contributed by atoms with Gasteiger partial charge in [0.05, 0.1) is 27.7 Å². The van der Waals surface area contributed by atoms with Crippen LogP contribution in [0.15, 0.2) is 60.8 Å². The van der Waals surface area contributed by atoms with Crippen molar-refractivity contribution in [3.05, 3.63) is 60.8 Å². The monoisotopic (exact) mass is 991 g/mol. The molecule has 0 amide bonds. The third-order valence-electron chi connectivity index (χ3n) is 12.3. The predicted octanol–water partition coefficient (Wildman–Crippen LogP) is 17.5. The number of carbonyl (C=O) groups is 2. The summed E-state index contributed by atoms with van der Waals surface area (Å²) < 4.78 is 34.5. The van der Waals surface area contributed by atoms with E-state index in [9.17, 15) is 19.0 Å². The smallest absolute Gasteiger partial charge is 0.462 e. The lowest BCUT2D eigenvalue weighted by atomic mass is 10.0. The second-order valence-corrected chi connectivity index (χ2v) is 21.7. The second-order valence-electron chi connectivity index (χ2n) is 20.3. The number of carbonyl (C=O) groups excluding carboxylic acids is 2. The van der Waals surface area contributed by atoms with Gasteiger partial charge in [-0.2, -0.15) is 0 Å². The van der Waals surface area contributed by atoms with Gasteiger partial charge in [0, 0.05) is 12.8 Å². The molecule has 9 nitrogen and oxygen atoms in total. The van der Waals surface area contributed by atoms with Gasteiger partial charge in [0.15, 0.2) is 6.10 Å². The molecule has 0 radical (unpaired) electrons. The topological polar surface area (TPSA) is 108 Å². The largest absolute Gasteiger partial charge is 0.472 e. The van der Waals surface area contributed by atoms with Gasteiger partial charge in [-0.25, -0.2) is 4.57 Å². The molecule has 69 heavy (non-hydrogen) atoms. The first-order chi connectivity index (χ1) is 33.5. The maximum Gasteiger partial charge on any atom is 0.472 e. The van der Waals surface area contributed by atoms with Crippen LogP contribution in [-0.2, 0) is 32.7 Å². The third kappa shape index (κ3) is 54.9. The first-order valence-electron chi connectivity index (χ1n) is 28.5. The average molecular weight is 991 g/mol. The van der Waals surface area contributed by atoms with Crippen molar-refractivity contribution >= 4 is 19.8 Å². The molecule has 0 saturated carbocycles. The highest BCUT2D eigenvalue weighted by Crippen LogP contribution is 2.43. The molecule has 0 aromatic carbocycles. The Morgan fingerprint density at radius 3 is 1.25 bits per heavy atom. The van der Waals surface area contributed by atoms with Crippen LogP contribution < -0.4 is 0 Å². The van der Waals surface area contributed by atoms with Gasteiger partial charge in [0.25, 0.3) is 0 Å². The first-order valence-corrected chi connectivity index (χ1v) is 30.0. The molecule has 2 atom stereocenters. The lowest BCUT2D eigenvalue weighted by molar-refractivity contribution is -0.870. The van der Waals surface area contributed by atoms with Crippen molar-refractivity contribution in [1.82, 2.24) is 0 Å². The summed E-state index contributed by atoms with van der Waals surface area (Å²) >= 11 is 0. The molecular weight excluding hydrogens is 882 g/mol. The maximum absolute atomic E-state index is 12.8. The predicted molar refractivity (Wildman–Crippen MR) is 293 cm³/mol. The molecule has 0 fully saturated rings. The van der Waals surface area contributed by atoms with E-state index in [1.165, 1.54) is 141 Å².